The number of carbonyl (C=O) groups is 1. The first-order valence-corrected chi connectivity index (χ1v) is 8.32. The molecule has 1 saturated heterocycles. The van der Waals surface area contributed by atoms with Crippen molar-refractivity contribution in [2.45, 2.75) is 56.8 Å². The van der Waals surface area contributed by atoms with Gasteiger partial charge in [-0.15, -0.1) is 24.8 Å². The average molecular weight is 344 g/mol. The molecule has 2 fully saturated rings. The first kappa shape index (κ1) is 20.3. The number of halogens is 2. The van der Waals surface area contributed by atoms with Gasteiger partial charge in [-0.25, -0.2) is 0 Å². The molecule has 3 N–H and O–H groups in total. The van der Waals surface area contributed by atoms with Crippen molar-refractivity contribution in [2.24, 2.45) is 5.73 Å². The van der Waals surface area contributed by atoms with E-state index in [4.69, 9.17) is 5.73 Å². The maximum absolute atomic E-state index is 11.9. The number of carbonyl (C=O) groups excluding carboxylic acids is 1. The summed E-state index contributed by atoms with van der Waals surface area (Å²) in [6, 6.07) is 1.34. The van der Waals surface area contributed by atoms with E-state index in [1.54, 1.807) is 11.8 Å². The minimum atomic E-state index is -0.345. The van der Waals surface area contributed by atoms with Crippen molar-refractivity contribution in [3.63, 3.8) is 0 Å². The molecule has 0 aromatic heterocycles. The number of hydrogen-bond acceptors (Lipinski definition) is 4. The van der Waals surface area contributed by atoms with Crippen LogP contribution in [0.25, 0.3) is 0 Å². The third-order valence-corrected chi connectivity index (χ3v) is 4.60. The Labute approximate surface area is 138 Å². The summed E-state index contributed by atoms with van der Waals surface area (Å²) in [6.07, 6.45) is 6.53. The van der Waals surface area contributed by atoms with Crippen LogP contribution in [-0.2, 0) is 4.79 Å². The molecule has 2 unspecified atom stereocenters. The van der Waals surface area contributed by atoms with Gasteiger partial charge in [0.25, 0.3) is 0 Å². The summed E-state index contributed by atoms with van der Waals surface area (Å²) in [5.74, 6) is 0.975. The number of amides is 1. The highest BCUT2D eigenvalue weighted by Crippen LogP contribution is 2.33. The van der Waals surface area contributed by atoms with Crippen LogP contribution in [0.4, 0.5) is 0 Å². The van der Waals surface area contributed by atoms with Gasteiger partial charge in [0.05, 0.1) is 6.04 Å². The molecule has 1 amide bonds. The normalized spacial score (nSPS) is 27.4. The van der Waals surface area contributed by atoms with Crippen molar-refractivity contribution >= 4 is 42.5 Å². The van der Waals surface area contributed by atoms with Crippen LogP contribution in [0.1, 0.15) is 32.6 Å². The highest BCUT2D eigenvalue weighted by molar-refractivity contribution is 7.98. The summed E-state index contributed by atoms with van der Waals surface area (Å²) in [5.41, 5.74) is 5.88. The molecular formula is C13H27Cl2N3OS. The van der Waals surface area contributed by atoms with Gasteiger partial charge in [-0.2, -0.15) is 11.8 Å². The molecule has 0 aromatic rings. The number of likely N-dealkylation sites (tertiary alicyclic amines) is 1. The fourth-order valence-electron chi connectivity index (χ4n) is 2.76. The van der Waals surface area contributed by atoms with E-state index in [0.29, 0.717) is 12.1 Å². The Hall–Kier alpha value is 0.320. The second-order valence-electron chi connectivity index (χ2n) is 5.61. The van der Waals surface area contributed by atoms with Gasteiger partial charge in [-0.3, -0.25) is 9.69 Å². The van der Waals surface area contributed by atoms with Crippen LogP contribution in [0, 0.1) is 0 Å². The first-order chi connectivity index (χ1) is 8.61. The van der Waals surface area contributed by atoms with Crippen LogP contribution in [0.15, 0.2) is 0 Å². The largest absolute Gasteiger partial charge is 0.351 e. The van der Waals surface area contributed by atoms with Gasteiger partial charge in [0, 0.05) is 24.7 Å². The van der Waals surface area contributed by atoms with E-state index in [-0.39, 0.29) is 36.8 Å². The Kier molecular flexibility index (Phi) is 9.51. The summed E-state index contributed by atoms with van der Waals surface area (Å²) >= 11 is 1.73. The molecule has 1 aliphatic heterocycles. The molecule has 120 valence electrons. The lowest BCUT2D eigenvalue weighted by molar-refractivity contribution is -0.123. The quantitative estimate of drug-likeness (QED) is 0.769. The zero-order chi connectivity index (χ0) is 13.1. The van der Waals surface area contributed by atoms with Crippen LogP contribution >= 0.6 is 36.6 Å². The predicted octanol–water partition coefficient (Wildman–Crippen LogP) is 1.65. The minimum absolute atomic E-state index is 0. The van der Waals surface area contributed by atoms with Gasteiger partial charge in [0.15, 0.2) is 0 Å². The lowest BCUT2D eigenvalue weighted by atomic mass is 10.1. The SMILES string of the molecule is CSCC[C@H](N)C(=O)NC1CC(C)N(C2CC2)C1.Cl.Cl. The van der Waals surface area contributed by atoms with E-state index >= 15 is 0 Å². The van der Waals surface area contributed by atoms with E-state index < -0.39 is 0 Å². The molecule has 1 aliphatic carbocycles. The number of thioether (sulfide) groups is 1. The second kappa shape index (κ2) is 9.36. The van der Waals surface area contributed by atoms with Crippen LogP contribution in [0.2, 0.25) is 0 Å². The first-order valence-electron chi connectivity index (χ1n) is 6.92. The number of hydrogen-bond donors (Lipinski definition) is 2. The predicted molar refractivity (Wildman–Crippen MR) is 91.2 cm³/mol. The third-order valence-electron chi connectivity index (χ3n) is 3.96. The second-order valence-corrected chi connectivity index (χ2v) is 6.59. The van der Waals surface area contributed by atoms with Gasteiger partial charge in [-0.1, -0.05) is 0 Å². The highest BCUT2D eigenvalue weighted by Gasteiger charge is 2.39. The summed E-state index contributed by atoms with van der Waals surface area (Å²) in [5, 5.41) is 3.12. The van der Waals surface area contributed by atoms with Crippen molar-refractivity contribution in [3.05, 3.63) is 0 Å². The topological polar surface area (TPSA) is 58.4 Å². The number of nitrogens with one attached hydrogen (secondary N) is 1. The Morgan fingerprint density at radius 2 is 2.10 bits per heavy atom. The average Bonchev–Trinajstić information content (AvgIpc) is 3.11. The Bertz CT molecular complexity index is 305. The molecule has 1 heterocycles. The smallest absolute Gasteiger partial charge is 0.237 e. The molecule has 0 spiro atoms. The number of nitrogens with zero attached hydrogens (tertiary/aromatic N) is 1. The van der Waals surface area contributed by atoms with Crippen LogP contribution < -0.4 is 11.1 Å². The Balaban J connectivity index is 0.00000180. The summed E-state index contributed by atoms with van der Waals surface area (Å²) in [6.45, 7) is 3.27. The molecule has 0 aromatic carbocycles. The molecule has 4 nitrogen and oxygen atoms in total. The molecule has 0 radical (unpaired) electrons. The maximum atomic E-state index is 11.9. The van der Waals surface area contributed by atoms with Crippen molar-refractivity contribution in [1.29, 1.82) is 0 Å². The Morgan fingerprint density at radius 1 is 1.45 bits per heavy atom. The summed E-state index contributed by atoms with van der Waals surface area (Å²) < 4.78 is 0. The van der Waals surface area contributed by atoms with Gasteiger partial charge in [0.2, 0.25) is 5.91 Å². The molecule has 20 heavy (non-hydrogen) atoms. The van der Waals surface area contributed by atoms with Gasteiger partial charge >= 0.3 is 0 Å². The molecular weight excluding hydrogens is 317 g/mol. The van der Waals surface area contributed by atoms with Gasteiger partial charge in [0.1, 0.15) is 0 Å². The molecule has 3 atom stereocenters. The van der Waals surface area contributed by atoms with E-state index in [1.807, 2.05) is 6.26 Å². The van der Waals surface area contributed by atoms with Crippen molar-refractivity contribution in [1.82, 2.24) is 10.2 Å². The van der Waals surface area contributed by atoms with Crippen molar-refractivity contribution in [3.8, 4) is 0 Å². The van der Waals surface area contributed by atoms with E-state index in [1.165, 1.54) is 12.8 Å². The van der Waals surface area contributed by atoms with Gasteiger partial charge < -0.3 is 11.1 Å². The van der Waals surface area contributed by atoms with Crippen molar-refractivity contribution in [2.75, 3.05) is 18.6 Å². The zero-order valence-electron chi connectivity index (χ0n) is 12.2. The standard InChI is InChI=1S/C13H25N3OS.2ClH/c1-9-7-10(8-16(9)11-3-4-11)15-13(17)12(14)5-6-18-2;;/h9-12H,3-8,14H2,1-2H3,(H,15,17);2*1H/t9?,10?,12-;;/m0../s1. The van der Waals surface area contributed by atoms with Crippen LogP contribution in [0.5, 0.6) is 0 Å². The molecule has 2 aliphatic rings. The fraction of sp³-hybridized carbons (Fsp3) is 0.923. The minimum Gasteiger partial charge on any atom is -0.351 e. The van der Waals surface area contributed by atoms with Gasteiger partial charge in [-0.05, 0) is 44.6 Å². The third kappa shape index (κ3) is 5.60. The summed E-state index contributed by atoms with van der Waals surface area (Å²) in [7, 11) is 0. The van der Waals surface area contributed by atoms with E-state index in [0.717, 1.165) is 31.2 Å². The molecule has 1 saturated carbocycles. The zero-order valence-corrected chi connectivity index (χ0v) is 14.7. The lowest BCUT2D eigenvalue weighted by Gasteiger charge is -2.20. The number of rotatable bonds is 6. The Morgan fingerprint density at radius 3 is 2.65 bits per heavy atom. The number of nitrogens with two attached hydrogens (primary N) is 1. The highest BCUT2D eigenvalue weighted by atomic mass is 35.5. The van der Waals surface area contributed by atoms with Crippen LogP contribution in [-0.4, -0.2) is 53.5 Å². The summed E-state index contributed by atoms with van der Waals surface area (Å²) in [4.78, 5) is 14.5. The molecule has 0 bridgehead atoms. The van der Waals surface area contributed by atoms with E-state index in [2.05, 4.69) is 17.1 Å². The van der Waals surface area contributed by atoms with E-state index in [9.17, 15) is 4.79 Å². The maximum Gasteiger partial charge on any atom is 0.237 e. The molecule has 2 rings (SSSR count). The lowest BCUT2D eigenvalue weighted by Crippen LogP contribution is -2.46. The molecule has 7 heteroatoms. The van der Waals surface area contributed by atoms with Crippen molar-refractivity contribution < 1.29 is 4.79 Å². The van der Waals surface area contributed by atoms with Crippen LogP contribution in [0.3, 0.4) is 0 Å². The monoisotopic (exact) mass is 343 g/mol. The fourth-order valence-corrected chi connectivity index (χ4v) is 3.25.